The molecule has 1 saturated heterocycles. The van der Waals surface area contributed by atoms with Crippen molar-refractivity contribution < 1.29 is 0 Å². The highest BCUT2D eigenvalue weighted by atomic mass is 31.1. The van der Waals surface area contributed by atoms with Gasteiger partial charge in [0.2, 0.25) is 0 Å². The maximum Gasteiger partial charge on any atom is -0.0237 e. The lowest BCUT2D eigenvalue weighted by molar-refractivity contribution is 0.777. The van der Waals surface area contributed by atoms with Crippen molar-refractivity contribution in [3.63, 3.8) is 0 Å². The molecule has 0 bridgehead atoms. The molecule has 0 spiro atoms. The van der Waals surface area contributed by atoms with E-state index in [-0.39, 0.29) is 0 Å². The summed E-state index contributed by atoms with van der Waals surface area (Å²) in [4.78, 5) is 0. The molecule has 0 aromatic heterocycles. The molecular formula is C9H21P. The maximum absolute atomic E-state index is 2.44. The number of hydrogen-bond acceptors (Lipinski definition) is 0. The Morgan fingerprint density at radius 2 is 1.30 bits per heavy atom. The molecule has 1 aliphatic heterocycles. The molecule has 1 fully saturated rings. The smallest absolute Gasteiger partial charge is 0.0237 e. The first kappa shape index (κ1) is 10.4. The van der Waals surface area contributed by atoms with E-state index in [9.17, 15) is 0 Å². The van der Waals surface area contributed by atoms with Crippen molar-refractivity contribution in [2.45, 2.75) is 51.9 Å². The molecule has 0 aromatic carbocycles. The van der Waals surface area contributed by atoms with Gasteiger partial charge in [0.25, 0.3) is 0 Å². The van der Waals surface area contributed by atoms with Crippen molar-refractivity contribution >= 4 is 7.92 Å². The second-order valence-corrected chi connectivity index (χ2v) is 6.03. The summed E-state index contributed by atoms with van der Waals surface area (Å²) >= 11 is 0. The van der Waals surface area contributed by atoms with Crippen molar-refractivity contribution in [3.05, 3.63) is 0 Å². The lowest BCUT2D eigenvalue weighted by Crippen LogP contribution is -1.92. The largest absolute Gasteiger partial charge is 0.104 e. The molecule has 1 heterocycles. The van der Waals surface area contributed by atoms with Gasteiger partial charge in [-0.25, -0.2) is 0 Å². The quantitative estimate of drug-likeness (QED) is 0.474. The van der Waals surface area contributed by atoms with E-state index in [1.807, 2.05) is 13.8 Å². The van der Waals surface area contributed by atoms with Gasteiger partial charge in [0.15, 0.2) is 0 Å². The second-order valence-electron chi connectivity index (χ2n) is 2.94. The Hall–Kier alpha value is 0.430. The third kappa shape index (κ3) is 2.58. The van der Waals surface area contributed by atoms with E-state index in [4.69, 9.17) is 0 Å². The zero-order valence-corrected chi connectivity index (χ0v) is 8.91. The SMILES string of the molecule is CC.CC1CC[C@H](C)P1C. The van der Waals surface area contributed by atoms with Gasteiger partial charge >= 0.3 is 0 Å². The molecule has 62 valence electrons. The molecule has 0 aromatic rings. The maximum atomic E-state index is 2.44. The lowest BCUT2D eigenvalue weighted by Gasteiger charge is -2.13. The minimum atomic E-state index is 0.413. The van der Waals surface area contributed by atoms with Gasteiger partial charge < -0.3 is 0 Å². The van der Waals surface area contributed by atoms with Crippen LogP contribution < -0.4 is 0 Å². The van der Waals surface area contributed by atoms with Crippen LogP contribution in [0.5, 0.6) is 0 Å². The van der Waals surface area contributed by atoms with E-state index in [1.165, 1.54) is 12.8 Å². The second kappa shape index (κ2) is 5.13. The topological polar surface area (TPSA) is 0 Å². The highest BCUT2D eigenvalue weighted by molar-refractivity contribution is 7.58. The monoisotopic (exact) mass is 160 g/mol. The van der Waals surface area contributed by atoms with E-state index < -0.39 is 0 Å². The Labute approximate surface area is 67.2 Å². The van der Waals surface area contributed by atoms with Crippen LogP contribution in [-0.2, 0) is 0 Å². The van der Waals surface area contributed by atoms with E-state index in [2.05, 4.69) is 20.5 Å². The summed E-state index contributed by atoms with van der Waals surface area (Å²) in [5.41, 5.74) is 2.11. The van der Waals surface area contributed by atoms with Crippen molar-refractivity contribution in [1.29, 1.82) is 0 Å². The first-order valence-corrected chi connectivity index (χ1v) is 6.36. The average Bonchev–Trinajstić information content (AvgIpc) is 2.25. The lowest BCUT2D eigenvalue weighted by atomic mass is 10.2. The fourth-order valence-electron chi connectivity index (χ4n) is 1.32. The summed E-state index contributed by atoms with van der Waals surface area (Å²) in [6.07, 6.45) is 2.98. The van der Waals surface area contributed by atoms with Gasteiger partial charge in [-0.05, 0) is 30.8 Å². The molecular weight excluding hydrogens is 139 g/mol. The van der Waals surface area contributed by atoms with E-state index in [0.29, 0.717) is 7.92 Å². The van der Waals surface area contributed by atoms with Crippen LogP contribution in [0.25, 0.3) is 0 Å². The molecule has 0 amide bonds. The molecule has 10 heavy (non-hydrogen) atoms. The van der Waals surface area contributed by atoms with E-state index >= 15 is 0 Å². The highest BCUT2D eigenvalue weighted by Crippen LogP contribution is 2.51. The molecule has 0 aliphatic carbocycles. The van der Waals surface area contributed by atoms with Crippen molar-refractivity contribution in [2.75, 3.05) is 6.66 Å². The fraction of sp³-hybridized carbons (Fsp3) is 1.00. The molecule has 1 heteroatoms. The summed E-state index contributed by atoms with van der Waals surface area (Å²) in [7, 11) is 0.413. The number of hydrogen-bond donors (Lipinski definition) is 0. The highest BCUT2D eigenvalue weighted by Gasteiger charge is 2.24. The summed E-state index contributed by atoms with van der Waals surface area (Å²) in [5, 5.41) is 0. The standard InChI is InChI=1S/C7H15P.C2H6/c1-6-4-5-7(2)8(6)3;1-2/h6-7H,4-5H2,1-3H3;1-2H3/t6-,7?,8?;/m0./s1. The Bertz CT molecular complexity index is 70.8. The molecule has 0 saturated carbocycles. The molecule has 0 N–H and O–H groups in total. The molecule has 1 rings (SSSR count). The van der Waals surface area contributed by atoms with Gasteiger partial charge in [-0.15, -0.1) is 7.92 Å². The predicted molar refractivity (Wildman–Crippen MR) is 52.4 cm³/mol. The molecule has 3 atom stereocenters. The average molecular weight is 160 g/mol. The van der Waals surface area contributed by atoms with Gasteiger partial charge in [-0.2, -0.15) is 0 Å². The molecule has 2 unspecified atom stereocenters. The van der Waals surface area contributed by atoms with E-state index in [0.717, 1.165) is 11.3 Å². The third-order valence-electron chi connectivity index (χ3n) is 2.39. The predicted octanol–water partition coefficient (Wildman–Crippen LogP) is 3.70. The molecule has 0 radical (unpaired) electrons. The van der Waals surface area contributed by atoms with Crippen molar-refractivity contribution in [1.82, 2.24) is 0 Å². The zero-order valence-electron chi connectivity index (χ0n) is 8.02. The normalized spacial score (nSPS) is 38.7. The van der Waals surface area contributed by atoms with Crippen LogP contribution in [0.1, 0.15) is 40.5 Å². The van der Waals surface area contributed by atoms with Gasteiger partial charge in [0.1, 0.15) is 0 Å². The van der Waals surface area contributed by atoms with Crippen LogP contribution >= 0.6 is 7.92 Å². The van der Waals surface area contributed by atoms with Crippen LogP contribution in [0.2, 0.25) is 0 Å². The molecule has 1 aliphatic rings. The van der Waals surface area contributed by atoms with Crippen LogP contribution in [0.3, 0.4) is 0 Å². The minimum Gasteiger partial charge on any atom is -0.104 e. The van der Waals surface area contributed by atoms with E-state index in [1.54, 1.807) is 0 Å². The van der Waals surface area contributed by atoms with Gasteiger partial charge in [0.05, 0.1) is 0 Å². The van der Waals surface area contributed by atoms with Crippen LogP contribution in [0, 0.1) is 0 Å². The van der Waals surface area contributed by atoms with Crippen LogP contribution in [-0.4, -0.2) is 18.0 Å². The first-order valence-electron chi connectivity index (χ1n) is 4.43. The summed E-state index contributed by atoms with van der Waals surface area (Å²) in [6, 6.07) is 0. The third-order valence-corrected chi connectivity index (χ3v) is 5.69. The fourth-order valence-corrected chi connectivity index (χ4v) is 3.31. The Morgan fingerprint density at radius 1 is 1.00 bits per heavy atom. The van der Waals surface area contributed by atoms with Gasteiger partial charge in [0, 0.05) is 0 Å². The zero-order chi connectivity index (χ0) is 8.15. The van der Waals surface area contributed by atoms with Crippen LogP contribution in [0.15, 0.2) is 0 Å². The van der Waals surface area contributed by atoms with Gasteiger partial charge in [-0.1, -0.05) is 27.7 Å². The Kier molecular flexibility index (Phi) is 5.35. The summed E-state index contributed by atoms with van der Waals surface area (Å²) in [6.45, 7) is 11.2. The molecule has 0 nitrogen and oxygen atoms in total. The van der Waals surface area contributed by atoms with Gasteiger partial charge in [-0.3, -0.25) is 0 Å². The van der Waals surface area contributed by atoms with Crippen LogP contribution in [0.4, 0.5) is 0 Å². The Morgan fingerprint density at radius 3 is 1.40 bits per heavy atom. The Balaban J connectivity index is 0.000000371. The summed E-state index contributed by atoms with van der Waals surface area (Å²) in [5.74, 6) is 0. The summed E-state index contributed by atoms with van der Waals surface area (Å²) < 4.78 is 0. The number of rotatable bonds is 0. The van der Waals surface area contributed by atoms with Crippen molar-refractivity contribution in [2.24, 2.45) is 0 Å². The van der Waals surface area contributed by atoms with Crippen molar-refractivity contribution in [3.8, 4) is 0 Å². The minimum absolute atomic E-state index is 0.413. The first-order chi connectivity index (χ1) is 4.72.